The average Bonchev–Trinajstić information content (AvgIpc) is 2.35. The lowest BCUT2D eigenvalue weighted by Gasteiger charge is -2.13. The summed E-state index contributed by atoms with van der Waals surface area (Å²) in [6.45, 7) is 1.95. The number of thiocarbonyl (C=S) groups is 1. The molecule has 0 saturated heterocycles. The summed E-state index contributed by atoms with van der Waals surface area (Å²) in [5, 5.41) is 7.51. The molecule has 5 heteroatoms. The molecule has 0 aliphatic carbocycles. The molecule has 2 N–H and O–H groups in total. The highest BCUT2D eigenvalue weighted by Gasteiger charge is 2.04. The Bertz CT molecular complexity index is 616. The average molecular weight is 356 g/mol. The van der Waals surface area contributed by atoms with Crippen molar-refractivity contribution in [2.24, 2.45) is 0 Å². The van der Waals surface area contributed by atoms with Crippen LogP contribution in [0.3, 0.4) is 0 Å². The molecular formula is C14H12BrClN2S. The molecule has 2 rings (SSSR count). The number of anilines is 2. The van der Waals surface area contributed by atoms with Gasteiger partial charge in [0, 0.05) is 20.9 Å². The van der Waals surface area contributed by atoms with E-state index in [2.05, 4.69) is 26.6 Å². The summed E-state index contributed by atoms with van der Waals surface area (Å²) in [7, 11) is 0. The Morgan fingerprint density at radius 1 is 1.16 bits per heavy atom. The molecule has 0 saturated carbocycles. The van der Waals surface area contributed by atoms with Gasteiger partial charge in [0.25, 0.3) is 0 Å². The third kappa shape index (κ3) is 3.93. The molecule has 0 unspecified atom stereocenters. The maximum absolute atomic E-state index is 6.07. The first kappa shape index (κ1) is 14.3. The van der Waals surface area contributed by atoms with Crippen LogP contribution in [0.5, 0.6) is 0 Å². The highest BCUT2D eigenvalue weighted by Crippen LogP contribution is 2.23. The molecule has 0 aliphatic heterocycles. The summed E-state index contributed by atoms with van der Waals surface area (Å²) < 4.78 is 0.999. The van der Waals surface area contributed by atoms with Gasteiger partial charge in [0.15, 0.2) is 5.11 Å². The number of nitrogens with one attached hydrogen (secondary N) is 2. The molecule has 0 bridgehead atoms. The second kappa shape index (κ2) is 6.37. The molecular weight excluding hydrogens is 344 g/mol. The Morgan fingerprint density at radius 3 is 2.63 bits per heavy atom. The zero-order valence-electron chi connectivity index (χ0n) is 10.2. The molecule has 0 radical (unpaired) electrons. The third-order valence-electron chi connectivity index (χ3n) is 2.60. The topological polar surface area (TPSA) is 24.1 Å². The molecule has 2 nitrogen and oxygen atoms in total. The van der Waals surface area contributed by atoms with Crippen LogP contribution in [0.2, 0.25) is 5.02 Å². The smallest absolute Gasteiger partial charge is 0.175 e. The lowest BCUT2D eigenvalue weighted by Crippen LogP contribution is -2.19. The minimum atomic E-state index is 0.531. The van der Waals surface area contributed by atoms with Crippen LogP contribution < -0.4 is 10.6 Å². The number of hydrogen-bond donors (Lipinski definition) is 2. The van der Waals surface area contributed by atoms with Crippen LogP contribution in [-0.4, -0.2) is 5.11 Å². The van der Waals surface area contributed by atoms with Gasteiger partial charge in [-0.25, -0.2) is 0 Å². The van der Waals surface area contributed by atoms with E-state index in [1.165, 1.54) is 0 Å². The summed E-state index contributed by atoms with van der Waals surface area (Å²) in [4.78, 5) is 0. The molecule has 0 spiro atoms. The quantitative estimate of drug-likeness (QED) is 0.722. The first-order chi connectivity index (χ1) is 9.06. The summed E-state index contributed by atoms with van der Waals surface area (Å²) in [5.74, 6) is 0. The van der Waals surface area contributed by atoms with Gasteiger partial charge >= 0.3 is 0 Å². The highest BCUT2D eigenvalue weighted by molar-refractivity contribution is 9.10. The zero-order valence-corrected chi connectivity index (χ0v) is 13.4. The maximum Gasteiger partial charge on any atom is 0.175 e. The normalized spacial score (nSPS) is 10.1. The van der Waals surface area contributed by atoms with Gasteiger partial charge < -0.3 is 10.6 Å². The SMILES string of the molecule is Cc1c(Cl)cccc1NC(=S)Nc1cccc(Br)c1. The van der Waals surface area contributed by atoms with Crippen molar-refractivity contribution < 1.29 is 0 Å². The fourth-order valence-corrected chi connectivity index (χ4v) is 2.40. The standard InChI is InChI=1S/C14H12BrClN2S/c1-9-12(16)6-3-7-13(9)18-14(19)17-11-5-2-4-10(15)8-11/h2-8H,1H3,(H2,17,18,19). The van der Waals surface area contributed by atoms with E-state index in [0.717, 1.165) is 26.4 Å². The Balaban J connectivity index is 2.08. The van der Waals surface area contributed by atoms with Crippen molar-refractivity contribution >= 4 is 56.2 Å². The van der Waals surface area contributed by atoms with Crippen molar-refractivity contribution in [2.75, 3.05) is 10.6 Å². The van der Waals surface area contributed by atoms with Crippen molar-refractivity contribution in [3.63, 3.8) is 0 Å². The fraction of sp³-hybridized carbons (Fsp3) is 0.0714. The van der Waals surface area contributed by atoms with E-state index in [4.69, 9.17) is 23.8 Å². The number of benzene rings is 2. The van der Waals surface area contributed by atoms with Crippen LogP contribution >= 0.6 is 39.7 Å². The van der Waals surface area contributed by atoms with Crippen LogP contribution in [0.4, 0.5) is 11.4 Å². The Morgan fingerprint density at radius 2 is 1.89 bits per heavy atom. The molecule has 0 heterocycles. The van der Waals surface area contributed by atoms with E-state index in [1.807, 2.05) is 49.4 Å². The minimum Gasteiger partial charge on any atom is -0.332 e. The second-order valence-electron chi connectivity index (χ2n) is 4.00. The molecule has 2 aromatic rings. The molecule has 0 fully saturated rings. The molecule has 0 aliphatic rings. The first-order valence-electron chi connectivity index (χ1n) is 5.65. The molecule has 0 aromatic heterocycles. The number of rotatable bonds is 2. The van der Waals surface area contributed by atoms with Crippen LogP contribution in [-0.2, 0) is 0 Å². The molecule has 98 valence electrons. The van der Waals surface area contributed by atoms with Gasteiger partial charge in [-0.15, -0.1) is 0 Å². The lowest BCUT2D eigenvalue weighted by atomic mass is 10.2. The van der Waals surface area contributed by atoms with Crippen LogP contribution in [0.1, 0.15) is 5.56 Å². The van der Waals surface area contributed by atoms with Crippen molar-refractivity contribution in [2.45, 2.75) is 6.92 Å². The van der Waals surface area contributed by atoms with E-state index in [-0.39, 0.29) is 0 Å². The predicted molar refractivity (Wildman–Crippen MR) is 90.2 cm³/mol. The van der Waals surface area contributed by atoms with E-state index in [9.17, 15) is 0 Å². The van der Waals surface area contributed by atoms with Gasteiger partial charge in [0.1, 0.15) is 0 Å². The van der Waals surface area contributed by atoms with Crippen LogP contribution in [0.15, 0.2) is 46.9 Å². The Hall–Kier alpha value is -1.10. The molecule has 0 amide bonds. The van der Waals surface area contributed by atoms with Crippen molar-refractivity contribution in [3.8, 4) is 0 Å². The largest absolute Gasteiger partial charge is 0.332 e. The zero-order chi connectivity index (χ0) is 13.8. The van der Waals surface area contributed by atoms with E-state index in [0.29, 0.717) is 5.11 Å². The molecule has 19 heavy (non-hydrogen) atoms. The van der Waals surface area contributed by atoms with E-state index >= 15 is 0 Å². The summed E-state index contributed by atoms with van der Waals surface area (Å²) in [5.41, 5.74) is 2.80. The summed E-state index contributed by atoms with van der Waals surface area (Å²) in [6, 6.07) is 13.5. The second-order valence-corrected chi connectivity index (χ2v) is 5.73. The van der Waals surface area contributed by atoms with Gasteiger partial charge in [-0.1, -0.05) is 39.7 Å². The number of halogens is 2. The van der Waals surface area contributed by atoms with Gasteiger partial charge in [-0.05, 0) is 55.0 Å². The fourth-order valence-electron chi connectivity index (χ4n) is 1.59. The predicted octanol–water partition coefficient (Wildman–Crippen LogP) is 5.22. The van der Waals surface area contributed by atoms with Gasteiger partial charge in [0.2, 0.25) is 0 Å². The van der Waals surface area contributed by atoms with Gasteiger partial charge in [0.05, 0.1) is 0 Å². The van der Waals surface area contributed by atoms with Gasteiger partial charge in [-0.2, -0.15) is 0 Å². The molecule has 0 atom stereocenters. The lowest BCUT2D eigenvalue weighted by molar-refractivity contribution is 1.45. The maximum atomic E-state index is 6.07. The summed E-state index contributed by atoms with van der Waals surface area (Å²) >= 11 is 14.8. The van der Waals surface area contributed by atoms with Crippen LogP contribution in [0.25, 0.3) is 0 Å². The Kier molecular flexibility index (Phi) is 4.80. The first-order valence-corrected chi connectivity index (χ1v) is 7.23. The van der Waals surface area contributed by atoms with Crippen molar-refractivity contribution in [1.29, 1.82) is 0 Å². The minimum absolute atomic E-state index is 0.531. The Labute approximate surface area is 131 Å². The van der Waals surface area contributed by atoms with Crippen LogP contribution in [0, 0.1) is 6.92 Å². The van der Waals surface area contributed by atoms with E-state index < -0.39 is 0 Å². The summed E-state index contributed by atoms with van der Waals surface area (Å²) in [6.07, 6.45) is 0. The third-order valence-corrected chi connectivity index (χ3v) is 3.71. The highest BCUT2D eigenvalue weighted by atomic mass is 79.9. The monoisotopic (exact) mass is 354 g/mol. The molecule has 2 aromatic carbocycles. The van der Waals surface area contributed by atoms with Crippen molar-refractivity contribution in [3.05, 3.63) is 57.5 Å². The number of hydrogen-bond acceptors (Lipinski definition) is 1. The van der Waals surface area contributed by atoms with E-state index in [1.54, 1.807) is 0 Å². The van der Waals surface area contributed by atoms with Gasteiger partial charge in [-0.3, -0.25) is 0 Å². The van der Waals surface area contributed by atoms with Crippen molar-refractivity contribution in [1.82, 2.24) is 0 Å².